The summed E-state index contributed by atoms with van der Waals surface area (Å²) < 4.78 is 0. The summed E-state index contributed by atoms with van der Waals surface area (Å²) in [5.41, 5.74) is 1.33. The molecule has 0 saturated heterocycles. The highest BCUT2D eigenvalue weighted by atomic mass is 16.1. The molecule has 2 rings (SSSR count). The van der Waals surface area contributed by atoms with Gasteiger partial charge in [-0.15, -0.1) is 0 Å². The van der Waals surface area contributed by atoms with Crippen LogP contribution in [0.1, 0.15) is 24.8 Å². The zero-order chi connectivity index (χ0) is 9.15. The summed E-state index contributed by atoms with van der Waals surface area (Å²) >= 11 is 0. The third kappa shape index (κ3) is 1.94. The molecule has 0 spiro atoms. The van der Waals surface area contributed by atoms with Crippen molar-refractivity contribution in [1.82, 2.24) is 4.98 Å². The number of pyridine rings is 1. The number of aldehydes is 1. The van der Waals surface area contributed by atoms with E-state index in [-0.39, 0.29) is 5.41 Å². The molecular formula is C11H13NO. The predicted molar refractivity (Wildman–Crippen MR) is 50.3 cm³/mol. The number of carbonyl (C=O) groups excluding carboxylic acids is 1. The first-order valence-electron chi connectivity index (χ1n) is 4.70. The molecule has 68 valence electrons. The van der Waals surface area contributed by atoms with Crippen LogP contribution in [0.25, 0.3) is 0 Å². The van der Waals surface area contributed by atoms with Gasteiger partial charge in [0, 0.05) is 17.8 Å². The SMILES string of the molecule is O=CC1(CCc2ccncc2)CC1. The predicted octanol–water partition coefficient (Wildman–Crippen LogP) is 1.99. The lowest BCUT2D eigenvalue weighted by Crippen LogP contribution is -2.03. The van der Waals surface area contributed by atoms with Gasteiger partial charge in [0.15, 0.2) is 0 Å². The number of hydrogen-bond donors (Lipinski definition) is 0. The number of hydrogen-bond acceptors (Lipinski definition) is 2. The second-order valence-corrected chi connectivity index (χ2v) is 3.84. The summed E-state index contributed by atoms with van der Waals surface area (Å²) in [6, 6.07) is 4.03. The van der Waals surface area contributed by atoms with E-state index in [1.54, 1.807) is 12.4 Å². The molecule has 0 N–H and O–H groups in total. The number of aromatic nitrogens is 1. The molecule has 0 unspecified atom stereocenters. The van der Waals surface area contributed by atoms with Crippen LogP contribution in [0.2, 0.25) is 0 Å². The van der Waals surface area contributed by atoms with Gasteiger partial charge in [0.25, 0.3) is 0 Å². The van der Waals surface area contributed by atoms with Gasteiger partial charge in [-0.05, 0) is 43.4 Å². The van der Waals surface area contributed by atoms with Gasteiger partial charge in [-0.25, -0.2) is 0 Å². The highest BCUT2D eigenvalue weighted by Crippen LogP contribution is 2.47. The van der Waals surface area contributed by atoms with Crippen molar-refractivity contribution in [2.24, 2.45) is 5.41 Å². The lowest BCUT2D eigenvalue weighted by molar-refractivity contribution is -0.112. The first-order valence-corrected chi connectivity index (χ1v) is 4.70. The summed E-state index contributed by atoms with van der Waals surface area (Å²) in [4.78, 5) is 14.7. The maximum atomic E-state index is 10.7. The fourth-order valence-corrected chi connectivity index (χ4v) is 1.53. The Bertz CT molecular complexity index is 290. The molecule has 1 aliphatic carbocycles. The molecular weight excluding hydrogens is 162 g/mol. The maximum absolute atomic E-state index is 10.7. The van der Waals surface area contributed by atoms with E-state index in [0.29, 0.717) is 0 Å². The average molecular weight is 175 g/mol. The maximum Gasteiger partial charge on any atom is 0.126 e. The Labute approximate surface area is 78.0 Å². The van der Waals surface area contributed by atoms with E-state index >= 15 is 0 Å². The molecule has 0 aromatic carbocycles. The van der Waals surface area contributed by atoms with Crippen LogP contribution in [0.4, 0.5) is 0 Å². The van der Waals surface area contributed by atoms with Crippen LogP contribution in [0.3, 0.4) is 0 Å². The van der Waals surface area contributed by atoms with Crippen LogP contribution in [-0.4, -0.2) is 11.3 Å². The average Bonchev–Trinajstić information content (AvgIpc) is 2.97. The summed E-state index contributed by atoms with van der Waals surface area (Å²) in [6.07, 6.45) is 8.91. The van der Waals surface area contributed by atoms with E-state index in [4.69, 9.17) is 0 Å². The highest BCUT2D eigenvalue weighted by molar-refractivity contribution is 5.63. The molecule has 1 aliphatic rings. The minimum absolute atomic E-state index is 0.0449. The second-order valence-electron chi connectivity index (χ2n) is 3.84. The molecule has 0 radical (unpaired) electrons. The van der Waals surface area contributed by atoms with E-state index in [2.05, 4.69) is 4.98 Å². The molecule has 1 aromatic heterocycles. The van der Waals surface area contributed by atoms with Crippen LogP contribution in [0.5, 0.6) is 0 Å². The molecule has 13 heavy (non-hydrogen) atoms. The number of carbonyl (C=O) groups is 1. The molecule has 1 fully saturated rings. The van der Waals surface area contributed by atoms with E-state index in [1.165, 1.54) is 5.56 Å². The smallest absolute Gasteiger partial charge is 0.126 e. The number of nitrogens with zero attached hydrogens (tertiary/aromatic N) is 1. The molecule has 1 heterocycles. The largest absolute Gasteiger partial charge is 0.303 e. The van der Waals surface area contributed by atoms with Gasteiger partial charge < -0.3 is 4.79 Å². The Hall–Kier alpha value is -1.18. The van der Waals surface area contributed by atoms with Gasteiger partial charge in [-0.2, -0.15) is 0 Å². The van der Waals surface area contributed by atoms with Gasteiger partial charge in [-0.3, -0.25) is 4.98 Å². The monoisotopic (exact) mass is 175 g/mol. The minimum Gasteiger partial charge on any atom is -0.303 e. The van der Waals surface area contributed by atoms with Gasteiger partial charge in [-0.1, -0.05) is 0 Å². The summed E-state index contributed by atoms with van der Waals surface area (Å²) in [6.45, 7) is 0. The lowest BCUT2D eigenvalue weighted by Gasteiger charge is -2.05. The number of aryl methyl sites for hydroxylation is 1. The molecule has 0 aliphatic heterocycles. The standard InChI is InChI=1S/C11H13NO/c13-9-11(5-6-11)4-1-10-2-7-12-8-3-10/h2-3,7-9H,1,4-6H2. The van der Waals surface area contributed by atoms with Crippen molar-refractivity contribution in [2.45, 2.75) is 25.7 Å². The topological polar surface area (TPSA) is 30.0 Å². The molecule has 0 amide bonds. The second kappa shape index (κ2) is 3.29. The third-order valence-electron chi connectivity index (χ3n) is 2.80. The summed E-state index contributed by atoms with van der Waals surface area (Å²) in [5, 5.41) is 0. The Kier molecular flexibility index (Phi) is 2.13. The summed E-state index contributed by atoms with van der Waals surface area (Å²) in [7, 11) is 0. The van der Waals surface area contributed by atoms with Gasteiger partial charge >= 0.3 is 0 Å². The first-order chi connectivity index (χ1) is 6.35. The zero-order valence-electron chi connectivity index (χ0n) is 7.57. The minimum atomic E-state index is 0.0449. The van der Waals surface area contributed by atoms with Gasteiger partial charge in [0.05, 0.1) is 0 Å². The van der Waals surface area contributed by atoms with Crippen molar-refractivity contribution >= 4 is 6.29 Å². The van der Waals surface area contributed by atoms with E-state index in [1.807, 2.05) is 12.1 Å². The molecule has 2 heteroatoms. The summed E-state index contributed by atoms with van der Waals surface area (Å²) in [5.74, 6) is 0. The molecule has 0 bridgehead atoms. The molecule has 1 saturated carbocycles. The van der Waals surface area contributed by atoms with Gasteiger partial charge in [0.2, 0.25) is 0 Å². The van der Waals surface area contributed by atoms with Crippen molar-refractivity contribution in [2.75, 3.05) is 0 Å². The lowest BCUT2D eigenvalue weighted by atomic mass is 9.99. The fraction of sp³-hybridized carbons (Fsp3) is 0.455. The Morgan fingerprint density at radius 3 is 2.62 bits per heavy atom. The van der Waals surface area contributed by atoms with E-state index in [9.17, 15) is 4.79 Å². The molecule has 0 atom stereocenters. The number of rotatable bonds is 4. The van der Waals surface area contributed by atoms with Crippen LogP contribution in [0, 0.1) is 5.41 Å². The molecule has 2 nitrogen and oxygen atoms in total. The van der Waals surface area contributed by atoms with Crippen molar-refractivity contribution in [3.8, 4) is 0 Å². The fourth-order valence-electron chi connectivity index (χ4n) is 1.53. The van der Waals surface area contributed by atoms with Crippen LogP contribution < -0.4 is 0 Å². The van der Waals surface area contributed by atoms with Crippen molar-refractivity contribution < 1.29 is 4.79 Å². The van der Waals surface area contributed by atoms with E-state index in [0.717, 1.165) is 32.0 Å². The quantitative estimate of drug-likeness (QED) is 0.655. The van der Waals surface area contributed by atoms with Gasteiger partial charge in [0.1, 0.15) is 6.29 Å². The van der Waals surface area contributed by atoms with Crippen molar-refractivity contribution in [3.05, 3.63) is 30.1 Å². The first kappa shape index (κ1) is 8.42. The van der Waals surface area contributed by atoms with Crippen LogP contribution in [-0.2, 0) is 11.2 Å². The van der Waals surface area contributed by atoms with Crippen molar-refractivity contribution in [3.63, 3.8) is 0 Å². The van der Waals surface area contributed by atoms with Crippen LogP contribution in [0.15, 0.2) is 24.5 Å². The third-order valence-corrected chi connectivity index (χ3v) is 2.80. The Morgan fingerprint density at radius 2 is 2.08 bits per heavy atom. The highest BCUT2D eigenvalue weighted by Gasteiger charge is 2.41. The zero-order valence-corrected chi connectivity index (χ0v) is 7.57. The van der Waals surface area contributed by atoms with E-state index < -0.39 is 0 Å². The van der Waals surface area contributed by atoms with Crippen molar-refractivity contribution in [1.29, 1.82) is 0 Å². The molecule has 1 aromatic rings. The normalized spacial score (nSPS) is 18.2. The Balaban J connectivity index is 1.90. The Morgan fingerprint density at radius 1 is 1.38 bits per heavy atom. The van der Waals surface area contributed by atoms with Crippen LogP contribution >= 0.6 is 0 Å².